The Morgan fingerprint density at radius 2 is 0.853 bits per heavy atom. The van der Waals surface area contributed by atoms with Gasteiger partial charge >= 0.3 is 54.5 Å². The average Bonchev–Trinajstić information content (AvgIpc) is 1.56. The van der Waals surface area contributed by atoms with Gasteiger partial charge in [-0.25, -0.2) is 40.4 Å². The zero-order valence-electron chi connectivity index (χ0n) is 58.0. The van der Waals surface area contributed by atoms with Crippen LogP contribution in [0.4, 0.5) is 19.2 Å². The van der Waals surface area contributed by atoms with Crippen molar-refractivity contribution in [3.05, 3.63) is 47.1 Å². The number of fused-ring (bicyclic) bond motifs is 6. The lowest BCUT2D eigenvalue weighted by Crippen LogP contribution is -2.65. The number of methoxy groups -OCH3 is 4. The van der Waals surface area contributed by atoms with Crippen molar-refractivity contribution in [1.29, 1.82) is 0 Å². The lowest BCUT2D eigenvalue weighted by Gasteiger charge is -2.39. The van der Waals surface area contributed by atoms with Gasteiger partial charge in [-0.15, -0.1) is 6.42 Å². The fourth-order valence-electron chi connectivity index (χ4n) is 13.4. The molecule has 6 bridgehead atoms. The molecule has 7 saturated heterocycles. The zero-order chi connectivity index (χ0) is 76.1. The van der Waals surface area contributed by atoms with E-state index in [9.17, 15) is 76.2 Å². The normalized spacial score (nSPS) is 40.2. The Morgan fingerprint density at radius 1 is 0.520 bits per heavy atom. The summed E-state index contributed by atoms with van der Waals surface area (Å²) in [5.74, 6) is 4.79. The number of nitrogens with one attached hydrogen (secondary N) is 4. The molecule has 0 aliphatic carbocycles. The van der Waals surface area contributed by atoms with Gasteiger partial charge in [-0.2, -0.15) is 17.9 Å². The second-order valence-electron chi connectivity index (χ2n) is 26.5. The molecular formula is C58H86N8O32P4+4. The van der Waals surface area contributed by atoms with Crippen molar-refractivity contribution >= 4 is 78.1 Å². The van der Waals surface area contributed by atoms with E-state index < -0.39 is 189 Å². The molecule has 11 aliphatic heterocycles. The third-order valence-electron chi connectivity index (χ3n) is 18.1. The number of terminal acetylenes is 1. The number of quaternary nitrogens is 4. The molecule has 0 aromatic carbocycles. The van der Waals surface area contributed by atoms with Crippen LogP contribution in [0.5, 0.6) is 0 Å². The van der Waals surface area contributed by atoms with Gasteiger partial charge in [0.15, 0.2) is 35.1 Å². The molecule has 11 aliphatic rings. The number of imide groups is 4. The molecule has 11 rings (SSSR count). The standard InChI is InChI=1S/C16H21N2O9P.C15H19N2O8P.C14H21N2O8P.C13H21N2O7P/c1-18(7-10(5-4-6-19)13(20)17-15(18)21)14-11-12(27-28(3,22)23)16(26-14,8-24-2)9-25-11;1-5-9-6-17(2,14(19)16-12(9)18)13-10-11(25-26(4,20)21)15(24-13,7-22-3)8-23-10;1-8-5-16(2,13(18)15-11(8)17)12-9-10(24-25(4,19)20)14(23-12,6-21-3)7-22-9;1-8-6-15(2,13(17)14-12(8)16)11-5-9(22-23(4,18)19)10(21-11)7-20-3/h7,11-12,14,19H,6,8-9H2,1-3H3,(H-,17,20,21,22,23);1,6,10-11,13H,7-8H2,2-4H3,(H-,16,18,19,20,21);5,9-10,12H,6-7H2,1-4H3,(H-,15,17,18,19,20);6,9-11H,5,7H2,1-4H3,(H-,14,16,17,18,19)/p+4/t11-,12?,14+,16-,18?;10-,11?,13+,15-,17?;9-,10?,12+,14-,16?;9?,10-,11-,15?/m0001/s1. The molecule has 0 spiro atoms. The number of aliphatic hydroxyl groups excluding tert-OH is 1. The van der Waals surface area contributed by atoms with Crippen LogP contribution in [0, 0.1) is 24.2 Å². The predicted octanol–water partition coefficient (Wildman–Crippen LogP) is -1.08. The third kappa shape index (κ3) is 16.7. The summed E-state index contributed by atoms with van der Waals surface area (Å²) in [5.41, 5.74) is -2.76. The number of nitrogens with zero attached hydrogens (tertiary/aromatic N) is 4. The topological polar surface area (TPSA) is 493 Å². The molecule has 40 nitrogen and oxygen atoms in total. The molecule has 23 atom stereocenters. The second kappa shape index (κ2) is 30.5. The number of rotatable bonds is 20. The number of carbonyl (C=O) groups is 8. The minimum atomic E-state index is -3.90. The minimum Gasteiger partial charge on any atom is -0.384 e. The number of urea groups is 4. The summed E-state index contributed by atoms with van der Waals surface area (Å²) in [6.07, 6.45) is 1.17. The molecule has 12 amide bonds. The van der Waals surface area contributed by atoms with E-state index >= 15 is 0 Å². The minimum absolute atomic E-state index is 0.00606. The first-order valence-corrected chi connectivity index (χ1v) is 39.0. The highest BCUT2D eigenvalue weighted by atomic mass is 31.2. The van der Waals surface area contributed by atoms with E-state index in [4.69, 9.17) is 81.7 Å². The highest BCUT2D eigenvalue weighted by Crippen LogP contribution is 2.55. The molecule has 44 heteroatoms. The third-order valence-corrected chi connectivity index (χ3v) is 20.6. The number of hydrogen-bond acceptors (Lipinski definition) is 28. The highest BCUT2D eigenvalue weighted by molar-refractivity contribution is 7.52. The van der Waals surface area contributed by atoms with Crippen molar-refractivity contribution in [3.8, 4) is 24.2 Å². The molecule has 0 radical (unpaired) electrons. The van der Waals surface area contributed by atoms with Gasteiger partial charge in [0.2, 0.25) is 24.9 Å². The van der Waals surface area contributed by atoms with Gasteiger partial charge in [0.05, 0.1) is 92.0 Å². The van der Waals surface area contributed by atoms with E-state index in [-0.39, 0.29) is 68.3 Å². The van der Waals surface area contributed by atoms with Crippen LogP contribution in [0.15, 0.2) is 47.1 Å². The lowest BCUT2D eigenvalue weighted by molar-refractivity contribution is -0.840. The summed E-state index contributed by atoms with van der Waals surface area (Å²) >= 11 is 0. The molecule has 102 heavy (non-hydrogen) atoms. The number of amides is 12. The average molecular weight is 1530 g/mol. The summed E-state index contributed by atoms with van der Waals surface area (Å²) in [7, 11) is -3.34. The van der Waals surface area contributed by atoms with Crippen LogP contribution < -0.4 is 21.3 Å². The summed E-state index contributed by atoms with van der Waals surface area (Å²) in [6.45, 7) is 7.47. The molecule has 9 N–H and O–H groups in total. The first kappa shape index (κ1) is 82.3. The maximum atomic E-state index is 12.6. The van der Waals surface area contributed by atoms with Crippen LogP contribution in [0.1, 0.15) is 20.3 Å². The highest BCUT2D eigenvalue weighted by Gasteiger charge is 2.73. The van der Waals surface area contributed by atoms with Crippen molar-refractivity contribution in [2.24, 2.45) is 0 Å². The first-order valence-electron chi connectivity index (χ1n) is 30.9. The number of hydrogen-bond donors (Lipinski definition) is 9. The van der Waals surface area contributed by atoms with E-state index in [0.29, 0.717) is 11.1 Å². The van der Waals surface area contributed by atoms with Crippen LogP contribution in [0.3, 0.4) is 0 Å². The lowest BCUT2D eigenvalue weighted by atomic mass is 10.00. The Hall–Kier alpha value is -5.40. The Kier molecular flexibility index (Phi) is 24.6. The van der Waals surface area contributed by atoms with Crippen LogP contribution >= 0.6 is 30.4 Å². The van der Waals surface area contributed by atoms with Gasteiger partial charge in [-0.3, -0.25) is 51.0 Å². The summed E-state index contributed by atoms with van der Waals surface area (Å²) < 4.78 is 128. The van der Waals surface area contributed by atoms with Crippen LogP contribution in [0.25, 0.3) is 0 Å². The molecule has 0 aromatic rings. The molecule has 11 heterocycles. The van der Waals surface area contributed by atoms with Gasteiger partial charge in [0.25, 0.3) is 23.6 Å². The fourth-order valence-corrected chi connectivity index (χ4v) is 16.3. The van der Waals surface area contributed by atoms with E-state index in [2.05, 4.69) is 39.0 Å². The van der Waals surface area contributed by atoms with Crippen molar-refractivity contribution in [2.45, 2.75) is 111 Å². The van der Waals surface area contributed by atoms with E-state index in [0.717, 1.165) is 26.7 Å². The number of likely N-dealkylation sites (N-methyl/N-ethyl adjacent to an activating group) is 3. The van der Waals surface area contributed by atoms with Crippen molar-refractivity contribution in [3.63, 3.8) is 0 Å². The Labute approximate surface area is 585 Å². The number of ether oxygens (including phenoxy) is 11. The Balaban J connectivity index is 0.000000173. The van der Waals surface area contributed by atoms with Gasteiger partial charge in [0, 0.05) is 55.1 Å². The molecule has 7 fully saturated rings. The number of carbonyl (C=O) groups excluding carboxylic acids is 8. The van der Waals surface area contributed by atoms with Crippen molar-refractivity contribution < 1.29 is 169 Å². The Morgan fingerprint density at radius 3 is 1.20 bits per heavy atom. The second-order valence-corrected chi connectivity index (χ2v) is 33.8. The molecule has 0 aromatic heterocycles. The molecule has 0 saturated carbocycles. The largest absolute Gasteiger partial charge is 0.430 e. The molecule has 566 valence electrons. The zero-order valence-corrected chi connectivity index (χ0v) is 61.6. The summed E-state index contributed by atoms with van der Waals surface area (Å²) in [5, 5.41) is 17.8. The quantitative estimate of drug-likeness (QED) is 0.0398. The smallest absolute Gasteiger partial charge is 0.384 e. The summed E-state index contributed by atoms with van der Waals surface area (Å²) in [4.78, 5) is 135. The SMILES string of the molecule is C#CC1=C[N+](C)([C@@H]2O[C@@]3(COC)CO[C@H]2C3OP(C)(=O)O)C(=O)NC1=O.COC[C@H]1O[C@@H]([N+]2(C)C=C(C)C(=O)NC2=O)CC1OP(C)(=O)O.COC[C@]12CO[C@@H](C1OP(C)(=O)O)[C@H]([N+]1(C)C=C(C#CCO)C(=O)NC1=O)O2.COC[C@]12CO[C@@H](C1OP(C)(=O)O)[C@H]([N+]1(C)C=C(C)C(=O)NC1=O)O2. The van der Waals surface area contributed by atoms with Crippen LogP contribution in [0.2, 0.25) is 0 Å². The number of aliphatic hydroxyl groups is 1. The summed E-state index contributed by atoms with van der Waals surface area (Å²) in [6, 6.07) is -2.45. The first-order chi connectivity index (χ1) is 47.2. The maximum absolute atomic E-state index is 12.6. The van der Waals surface area contributed by atoms with Crippen molar-refractivity contribution in [1.82, 2.24) is 21.3 Å². The van der Waals surface area contributed by atoms with Gasteiger partial charge in [-0.1, -0.05) is 17.8 Å². The maximum Gasteiger partial charge on any atom is 0.430 e. The van der Waals surface area contributed by atoms with E-state index in [1.165, 1.54) is 67.3 Å². The van der Waals surface area contributed by atoms with E-state index in [1.807, 2.05) is 0 Å². The molecule has 12 unspecified atom stereocenters. The van der Waals surface area contributed by atoms with Crippen LogP contribution in [-0.4, -0.2) is 317 Å². The fraction of sp³-hybridized carbons (Fsp3) is 0.655. The monoisotopic (exact) mass is 1530 g/mol. The van der Waals surface area contributed by atoms with E-state index in [1.54, 1.807) is 27.9 Å². The Bertz CT molecular complexity index is 3840. The molecular weight excluding hydrogens is 1440 g/mol. The predicted molar refractivity (Wildman–Crippen MR) is 342 cm³/mol. The van der Waals surface area contributed by atoms with Gasteiger partial charge in [0.1, 0.15) is 73.1 Å². The van der Waals surface area contributed by atoms with Crippen LogP contribution in [-0.2, 0) is 108 Å². The van der Waals surface area contributed by atoms with Crippen molar-refractivity contribution in [2.75, 3.05) is 136 Å². The van der Waals surface area contributed by atoms with Gasteiger partial charge < -0.3 is 81.3 Å². The van der Waals surface area contributed by atoms with Gasteiger partial charge in [-0.05, 0) is 13.8 Å².